The third-order valence-electron chi connectivity index (χ3n) is 6.04. The van der Waals surface area contributed by atoms with Crippen LogP contribution in [0.1, 0.15) is 63.6 Å². The number of aromatic nitrogens is 3. The summed E-state index contributed by atoms with van der Waals surface area (Å²) in [5.74, 6) is 2.25. The van der Waals surface area contributed by atoms with Crippen LogP contribution in [0, 0.1) is 5.92 Å². The second kappa shape index (κ2) is 9.59. The van der Waals surface area contributed by atoms with Gasteiger partial charge in [0.05, 0.1) is 5.75 Å². The predicted molar refractivity (Wildman–Crippen MR) is 114 cm³/mol. The van der Waals surface area contributed by atoms with Crippen molar-refractivity contribution in [3.8, 4) is 0 Å². The van der Waals surface area contributed by atoms with E-state index in [1.165, 1.54) is 56.7 Å². The number of thioether (sulfide) groups is 1. The molecule has 6 heteroatoms. The van der Waals surface area contributed by atoms with Gasteiger partial charge in [0.2, 0.25) is 11.1 Å². The summed E-state index contributed by atoms with van der Waals surface area (Å²) in [7, 11) is 0. The minimum absolute atomic E-state index is 0.158. The highest BCUT2D eigenvalue weighted by molar-refractivity contribution is 7.99. The van der Waals surface area contributed by atoms with Gasteiger partial charge in [-0.25, -0.2) is 4.98 Å². The van der Waals surface area contributed by atoms with E-state index in [0.29, 0.717) is 17.0 Å². The van der Waals surface area contributed by atoms with Gasteiger partial charge >= 0.3 is 0 Å². The van der Waals surface area contributed by atoms with Crippen molar-refractivity contribution in [2.75, 3.05) is 10.7 Å². The molecule has 1 N–H and O–H groups in total. The van der Waals surface area contributed by atoms with Crippen molar-refractivity contribution >= 4 is 23.4 Å². The number of benzene rings is 1. The van der Waals surface area contributed by atoms with Crippen molar-refractivity contribution in [3.05, 3.63) is 36.2 Å². The highest BCUT2D eigenvalue weighted by atomic mass is 32.2. The molecule has 2 aliphatic carbocycles. The van der Waals surface area contributed by atoms with Crippen molar-refractivity contribution in [3.63, 3.8) is 0 Å². The monoisotopic (exact) mass is 398 g/mol. The van der Waals surface area contributed by atoms with Gasteiger partial charge in [-0.3, -0.25) is 9.89 Å². The number of nitrogens with one attached hydrogen (secondary N) is 1. The first-order chi connectivity index (χ1) is 13.8. The average molecular weight is 399 g/mol. The SMILES string of the molecule is O=C(CSc1n[nH]c(CC2CCCC2)n1)N(c1ccccc1)C1CCCCC1. The van der Waals surface area contributed by atoms with Gasteiger partial charge in [-0.05, 0) is 30.9 Å². The van der Waals surface area contributed by atoms with Gasteiger partial charge in [-0.15, -0.1) is 5.10 Å². The second-order valence-corrected chi connectivity index (χ2v) is 9.04. The largest absolute Gasteiger partial charge is 0.309 e. The Morgan fingerprint density at radius 2 is 1.75 bits per heavy atom. The highest BCUT2D eigenvalue weighted by Gasteiger charge is 2.27. The molecule has 2 saturated carbocycles. The molecule has 1 amide bonds. The molecule has 1 heterocycles. The normalized spacial score (nSPS) is 18.4. The molecule has 150 valence electrons. The molecule has 28 heavy (non-hydrogen) atoms. The smallest absolute Gasteiger partial charge is 0.237 e. The lowest BCUT2D eigenvalue weighted by Crippen LogP contribution is -2.42. The Morgan fingerprint density at radius 3 is 2.50 bits per heavy atom. The Morgan fingerprint density at radius 1 is 1.04 bits per heavy atom. The molecule has 0 radical (unpaired) electrons. The molecular formula is C22H30N4OS. The average Bonchev–Trinajstić information content (AvgIpc) is 3.41. The lowest BCUT2D eigenvalue weighted by Gasteiger charge is -2.34. The fraction of sp³-hybridized carbons (Fsp3) is 0.591. The summed E-state index contributed by atoms with van der Waals surface area (Å²) in [6.45, 7) is 0. The highest BCUT2D eigenvalue weighted by Crippen LogP contribution is 2.29. The van der Waals surface area contributed by atoms with Gasteiger partial charge < -0.3 is 4.90 Å². The molecule has 2 fully saturated rings. The van der Waals surface area contributed by atoms with Crippen LogP contribution in [0.25, 0.3) is 0 Å². The molecule has 0 saturated heterocycles. The molecule has 0 atom stereocenters. The van der Waals surface area contributed by atoms with Gasteiger partial charge in [-0.2, -0.15) is 0 Å². The maximum absolute atomic E-state index is 13.1. The quantitative estimate of drug-likeness (QED) is 0.667. The Balaban J connectivity index is 1.38. The molecule has 1 aromatic carbocycles. The fourth-order valence-electron chi connectivity index (χ4n) is 4.60. The van der Waals surface area contributed by atoms with Gasteiger partial charge in [0.15, 0.2) is 0 Å². The van der Waals surface area contributed by atoms with E-state index < -0.39 is 0 Å². The third-order valence-corrected chi connectivity index (χ3v) is 6.87. The van der Waals surface area contributed by atoms with Crippen LogP contribution in [0.2, 0.25) is 0 Å². The number of hydrogen-bond acceptors (Lipinski definition) is 4. The van der Waals surface area contributed by atoms with Crippen LogP contribution in [-0.2, 0) is 11.2 Å². The van der Waals surface area contributed by atoms with E-state index >= 15 is 0 Å². The zero-order chi connectivity index (χ0) is 19.2. The van der Waals surface area contributed by atoms with Gasteiger partial charge in [0.1, 0.15) is 5.82 Å². The summed E-state index contributed by atoms with van der Waals surface area (Å²) in [6.07, 6.45) is 12.2. The van der Waals surface area contributed by atoms with Crippen molar-refractivity contribution < 1.29 is 4.79 Å². The summed E-state index contributed by atoms with van der Waals surface area (Å²) in [5, 5.41) is 8.10. The molecule has 2 aliphatic rings. The van der Waals surface area contributed by atoms with E-state index in [1.807, 2.05) is 35.2 Å². The molecule has 0 spiro atoms. The first kappa shape index (κ1) is 19.5. The Hall–Kier alpha value is -1.82. The van der Waals surface area contributed by atoms with Gasteiger partial charge in [-0.1, -0.05) is 74.9 Å². The Bertz CT molecular complexity index is 751. The number of rotatable bonds is 7. The van der Waals surface area contributed by atoms with Crippen molar-refractivity contribution in [1.29, 1.82) is 0 Å². The summed E-state index contributed by atoms with van der Waals surface area (Å²) in [6, 6.07) is 10.4. The van der Waals surface area contributed by atoms with E-state index in [0.717, 1.165) is 36.7 Å². The molecule has 2 aromatic rings. The second-order valence-electron chi connectivity index (χ2n) is 8.10. The Kier molecular flexibility index (Phi) is 6.68. The van der Waals surface area contributed by atoms with Crippen LogP contribution in [0.4, 0.5) is 5.69 Å². The maximum atomic E-state index is 13.1. The summed E-state index contributed by atoms with van der Waals surface area (Å²) in [4.78, 5) is 19.8. The van der Waals surface area contributed by atoms with Crippen LogP contribution < -0.4 is 4.90 Å². The number of H-pyrrole nitrogens is 1. The first-order valence-electron chi connectivity index (χ1n) is 10.7. The third kappa shape index (κ3) is 4.96. The van der Waals surface area contributed by atoms with Crippen LogP contribution in [0.15, 0.2) is 35.5 Å². The first-order valence-corrected chi connectivity index (χ1v) is 11.7. The number of aromatic amines is 1. The molecule has 4 rings (SSSR count). The van der Waals surface area contributed by atoms with Crippen molar-refractivity contribution in [2.45, 2.75) is 75.4 Å². The summed E-state index contributed by atoms with van der Waals surface area (Å²) >= 11 is 1.45. The minimum Gasteiger partial charge on any atom is -0.309 e. The topological polar surface area (TPSA) is 61.9 Å². The zero-order valence-corrected chi connectivity index (χ0v) is 17.3. The summed E-state index contributed by atoms with van der Waals surface area (Å²) in [5.41, 5.74) is 1.01. The van der Waals surface area contributed by atoms with Crippen LogP contribution in [0.3, 0.4) is 0 Å². The van der Waals surface area contributed by atoms with Crippen LogP contribution >= 0.6 is 11.8 Å². The fourth-order valence-corrected chi connectivity index (χ4v) is 5.28. The zero-order valence-electron chi connectivity index (χ0n) is 16.5. The number of carbonyl (C=O) groups excluding carboxylic acids is 1. The molecule has 1 aromatic heterocycles. The number of carbonyl (C=O) groups is 1. The molecule has 0 aliphatic heterocycles. The number of nitrogens with zero attached hydrogens (tertiary/aromatic N) is 3. The standard InChI is InChI=1S/C22H30N4OS/c27-21(16-28-22-23-20(24-25-22)15-17-9-7-8-10-17)26(18-11-3-1-4-12-18)19-13-5-2-6-14-19/h1,3-4,11-12,17,19H,2,5-10,13-16H2,(H,23,24,25). The van der Waals surface area contributed by atoms with E-state index in [9.17, 15) is 4.79 Å². The van der Waals surface area contributed by atoms with E-state index in [-0.39, 0.29) is 5.91 Å². The number of para-hydroxylation sites is 1. The van der Waals surface area contributed by atoms with Gasteiger partial charge in [0, 0.05) is 18.2 Å². The number of anilines is 1. The minimum atomic E-state index is 0.158. The summed E-state index contributed by atoms with van der Waals surface area (Å²) < 4.78 is 0. The van der Waals surface area contributed by atoms with Gasteiger partial charge in [0.25, 0.3) is 0 Å². The maximum Gasteiger partial charge on any atom is 0.237 e. The molecule has 0 bridgehead atoms. The van der Waals surface area contributed by atoms with Crippen LogP contribution in [-0.4, -0.2) is 32.9 Å². The van der Waals surface area contributed by atoms with E-state index in [1.54, 1.807) is 0 Å². The van der Waals surface area contributed by atoms with E-state index in [2.05, 4.69) is 15.2 Å². The van der Waals surface area contributed by atoms with Crippen molar-refractivity contribution in [2.24, 2.45) is 5.92 Å². The lowest BCUT2D eigenvalue weighted by atomic mass is 9.93. The molecule has 0 unspecified atom stereocenters. The number of hydrogen-bond donors (Lipinski definition) is 1. The molecular weight excluding hydrogens is 368 g/mol. The van der Waals surface area contributed by atoms with Crippen molar-refractivity contribution in [1.82, 2.24) is 15.2 Å². The predicted octanol–water partition coefficient (Wildman–Crippen LogP) is 5.00. The Labute approximate surface area is 171 Å². The van der Waals surface area contributed by atoms with E-state index in [4.69, 9.17) is 0 Å². The lowest BCUT2D eigenvalue weighted by molar-refractivity contribution is -0.116. The number of amides is 1. The van der Waals surface area contributed by atoms with Crippen LogP contribution in [0.5, 0.6) is 0 Å². The molecule has 5 nitrogen and oxygen atoms in total.